The molecule has 164 valence electrons. The fourth-order valence-electron chi connectivity index (χ4n) is 4.69. The Hall–Kier alpha value is -2.86. The van der Waals surface area contributed by atoms with Crippen molar-refractivity contribution in [3.63, 3.8) is 0 Å². The molecule has 6 heteroatoms. The predicted octanol–water partition coefficient (Wildman–Crippen LogP) is 3.20. The van der Waals surface area contributed by atoms with E-state index >= 15 is 0 Å². The number of hydrogen-bond acceptors (Lipinski definition) is 4. The van der Waals surface area contributed by atoms with Crippen molar-refractivity contribution in [3.8, 4) is 0 Å². The van der Waals surface area contributed by atoms with Gasteiger partial charge in [0.15, 0.2) is 11.6 Å². The van der Waals surface area contributed by atoms with Gasteiger partial charge in [-0.3, -0.25) is 0 Å². The number of aliphatic hydroxyl groups is 1. The molecule has 1 aliphatic carbocycles. The van der Waals surface area contributed by atoms with Gasteiger partial charge >= 0.3 is 5.97 Å². The summed E-state index contributed by atoms with van der Waals surface area (Å²) in [6.45, 7) is 1.68. The molecule has 0 spiro atoms. The van der Waals surface area contributed by atoms with Crippen molar-refractivity contribution in [1.82, 2.24) is 4.90 Å². The highest BCUT2D eigenvalue weighted by molar-refractivity contribution is 5.82. The van der Waals surface area contributed by atoms with Crippen LogP contribution in [0, 0.1) is 5.92 Å². The molecule has 1 aliphatic heterocycles. The molecule has 1 heterocycles. The van der Waals surface area contributed by atoms with Gasteiger partial charge in [-0.05, 0) is 24.0 Å². The van der Waals surface area contributed by atoms with Crippen LogP contribution in [0.4, 0.5) is 0 Å². The molecular weight excluding hydrogens is 390 g/mol. The molecule has 2 aromatic rings. The maximum Gasteiger partial charge on any atom is 0.343 e. The molecule has 2 fully saturated rings. The Labute approximate surface area is 183 Å². The highest BCUT2D eigenvalue weighted by Gasteiger charge is 2.48. The minimum absolute atomic E-state index is 0.114. The molecule has 0 bridgehead atoms. The highest BCUT2D eigenvalue weighted by atomic mass is 16.6. The van der Waals surface area contributed by atoms with Gasteiger partial charge in [-0.1, -0.05) is 73.5 Å². The number of esters is 1. The van der Waals surface area contributed by atoms with Gasteiger partial charge in [-0.25, -0.2) is 9.79 Å². The van der Waals surface area contributed by atoms with Gasteiger partial charge in [-0.2, -0.15) is 0 Å². The van der Waals surface area contributed by atoms with E-state index in [1.165, 1.54) is 0 Å². The van der Waals surface area contributed by atoms with Crippen molar-refractivity contribution in [3.05, 3.63) is 71.8 Å². The number of likely N-dealkylation sites (tertiary alicyclic amines) is 1. The summed E-state index contributed by atoms with van der Waals surface area (Å²) in [7, 11) is 0. The predicted molar refractivity (Wildman–Crippen MR) is 120 cm³/mol. The Morgan fingerprint density at radius 1 is 1.06 bits per heavy atom. The van der Waals surface area contributed by atoms with Crippen LogP contribution in [-0.2, 0) is 21.7 Å². The van der Waals surface area contributed by atoms with Crippen LogP contribution in [0.2, 0.25) is 0 Å². The lowest BCUT2D eigenvalue weighted by atomic mass is 9.80. The largest absolute Gasteiger partial charge is 0.458 e. The number of hydrogen-bond donors (Lipinski definition) is 2. The van der Waals surface area contributed by atoms with Crippen LogP contribution in [0.5, 0.6) is 0 Å². The standard InChI is InChI=1S/C25H31N3O3/c26-24(27-17-19-9-3-1-4-10-19)28-16-15-22(18-28)31-23(29)25(30,21-13-7-8-14-21)20-11-5-2-6-12-20/h1-6,9-12,21-22,30H,7-8,13-18H2,(H2,26,27)/t22?,25-/m0/s1. The van der Waals surface area contributed by atoms with Crippen molar-refractivity contribution < 1.29 is 14.6 Å². The number of benzene rings is 2. The van der Waals surface area contributed by atoms with Crippen LogP contribution < -0.4 is 5.73 Å². The first-order valence-electron chi connectivity index (χ1n) is 11.1. The summed E-state index contributed by atoms with van der Waals surface area (Å²) in [5, 5.41) is 11.6. The number of carbonyl (C=O) groups excluding carboxylic acids is 1. The molecule has 2 aliphatic rings. The SMILES string of the molecule is NC(=NCc1ccccc1)N1CCC(OC(=O)[C@](O)(c2ccccc2)C2CCCC2)C1. The van der Waals surface area contributed by atoms with Crippen LogP contribution in [0.3, 0.4) is 0 Å². The molecule has 4 rings (SSSR count). The second-order valence-electron chi connectivity index (χ2n) is 8.54. The summed E-state index contributed by atoms with van der Waals surface area (Å²) in [6, 6.07) is 19.2. The lowest BCUT2D eigenvalue weighted by molar-refractivity contribution is -0.178. The molecule has 1 unspecified atom stereocenters. The van der Waals surface area contributed by atoms with E-state index in [2.05, 4.69) is 4.99 Å². The fraction of sp³-hybridized carbons (Fsp3) is 0.440. The molecule has 1 saturated carbocycles. The average molecular weight is 422 g/mol. The maximum atomic E-state index is 13.2. The third-order valence-corrected chi connectivity index (χ3v) is 6.48. The Morgan fingerprint density at radius 3 is 2.39 bits per heavy atom. The van der Waals surface area contributed by atoms with Gasteiger partial charge in [0.1, 0.15) is 6.10 Å². The Morgan fingerprint density at radius 2 is 1.71 bits per heavy atom. The number of aliphatic imine (C=N–C) groups is 1. The van der Waals surface area contributed by atoms with E-state index in [1.54, 1.807) is 0 Å². The van der Waals surface area contributed by atoms with E-state index in [9.17, 15) is 9.90 Å². The van der Waals surface area contributed by atoms with Crippen molar-refractivity contribution in [1.29, 1.82) is 0 Å². The van der Waals surface area contributed by atoms with Crippen LogP contribution >= 0.6 is 0 Å². The van der Waals surface area contributed by atoms with E-state index < -0.39 is 11.6 Å². The average Bonchev–Trinajstić information content (AvgIpc) is 3.51. The Bertz CT molecular complexity index is 897. The number of ether oxygens (including phenoxy) is 1. The third-order valence-electron chi connectivity index (χ3n) is 6.48. The topological polar surface area (TPSA) is 88.1 Å². The zero-order valence-electron chi connectivity index (χ0n) is 17.8. The zero-order valence-corrected chi connectivity index (χ0v) is 17.8. The van der Waals surface area contributed by atoms with Crippen molar-refractivity contribution in [2.75, 3.05) is 13.1 Å². The number of rotatable bonds is 6. The smallest absolute Gasteiger partial charge is 0.343 e. The number of nitrogens with zero attached hydrogens (tertiary/aromatic N) is 2. The van der Waals surface area contributed by atoms with Gasteiger partial charge < -0.3 is 20.5 Å². The third kappa shape index (κ3) is 4.74. The summed E-state index contributed by atoms with van der Waals surface area (Å²) < 4.78 is 5.85. The van der Waals surface area contributed by atoms with E-state index in [1.807, 2.05) is 65.6 Å². The van der Waals surface area contributed by atoms with Gasteiger partial charge in [0.25, 0.3) is 0 Å². The van der Waals surface area contributed by atoms with E-state index in [4.69, 9.17) is 10.5 Å². The lowest BCUT2D eigenvalue weighted by Crippen LogP contribution is -2.45. The summed E-state index contributed by atoms with van der Waals surface area (Å²) in [5.74, 6) is -0.203. The number of carbonyl (C=O) groups is 1. The fourth-order valence-corrected chi connectivity index (χ4v) is 4.69. The number of guanidine groups is 1. The van der Waals surface area contributed by atoms with Crippen LogP contribution in [0.15, 0.2) is 65.7 Å². The van der Waals surface area contributed by atoms with Gasteiger partial charge in [0.05, 0.1) is 13.1 Å². The Balaban J connectivity index is 1.40. The van der Waals surface area contributed by atoms with Crippen LogP contribution in [-0.4, -0.2) is 41.1 Å². The molecule has 2 atom stereocenters. The van der Waals surface area contributed by atoms with Crippen molar-refractivity contribution in [2.24, 2.45) is 16.6 Å². The molecule has 2 aromatic carbocycles. The second kappa shape index (κ2) is 9.52. The minimum Gasteiger partial charge on any atom is -0.458 e. The lowest BCUT2D eigenvalue weighted by Gasteiger charge is -2.33. The van der Waals surface area contributed by atoms with Gasteiger partial charge in [0, 0.05) is 18.9 Å². The van der Waals surface area contributed by atoms with Crippen LogP contribution in [0.25, 0.3) is 0 Å². The molecular formula is C25H31N3O3. The maximum absolute atomic E-state index is 13.2. The molecule has 0 aromatic heterocycles. The minimum atomic E-state index is -1.60. The monoisotopic (exact) mass is 421 g/mol. The second-order valence-corrected chi connectivity index (χ2v) is 8.54. The van der Waals surface area contributed by atoms with Crippen LogP contribution in [0.1, 0.15) is 43.2 Å². The molecule has 0 radical (unpaired) electrons. The normalized spacial score (nSPS) is 21.8. The summed E-state index contributed by atoms with van der Waals surface area (Å²) >= 11 is 0. The molecule has 1 saturated heterocycles. The summed E-state index contributed by atoms with van der Waals surface area (Å²) in [6.07, 6.45) is 4.07. The Kier molecular flexibility index (Phi) is 6.56. The van der Waals surface area contributed by atoms with Gasteiger partial charge in [-0.15, -0.1) is 0 Å². The summed E-state index contributed by atoms with van der Waals surface area (Å²) in [4.78, 5) is 19.7. The van der Waals surface area contributed by atoms with E-state index in [0.717, 1.165) is 31.2 Å². The molecule has 0 amide bonds. The molecule has 6 nitrogen and oxygen atoms in total. The molecule has 3 N–H and O–H groups in total. The van der Waals surface area contributed by atoms with Gasteiger partial charge in [0.2, 0.25) is 0 Å². The first kappa shape index (κ1) is 21.4. The molecule has 31 heavy (non-hydrogen) atoms. The zero-order chi connectivity index (χ0) is 21.7. The summed E-state index contributed by atoms with van der Waals surface area (Å²) in [5.41, 5.74) is 6.29. The number of nitrogens with two attached hydrogens (primary N) is 1. The van der Waals surface area contributed by atoms with E-state index in [-0.39, 0.29) is 12.0 Å². The first-order valence-corrected chi connectivity index (χ1v) is 11.1. The van der Waals surface area contributed by atoms with Crippen molar-refractivity contribution in [2.45, 2.75) is 50.4 Å². The first-order chi connectivity index (χ1) is 15.1. The van der Waals surface area contributed by atoms with E-state index in [0.29, 0.717) is 37.6 Å². The highest BCUT2D eigenvalue weighted by Crippen LogP contribution is 2.41. The van der Waals surface area contributed by atoms with Crippen molar-refractivity contribution >= 4 is 11.9 Å². The quantitative estimate of drug-likeness (QED) is 0.425.